The summed E-state index contributed by atoms with van der Waals surface area (Å²) in [6, 6.07) is 6.01. The molecular formula is C14H13F2N3. The molecule has 1 aromatic heterocycles. The van der Waals surface area contributed by atoms with Crippen LogP contribution in [0.25, 0.3) is 11.4 Å². The van der Waals surface area contributed by atoms with Crippen LogP contribution < -0.4 is 5.73 Å². The third kappa shape index (κ3) is 2.16. The van der Waals surface area contributed by atoms with Crippen LogP contribution in [-0.4, -0.2) is 9.97 Å². The summed E-state index contributed by atoms with van der Waals surface area (Å²) in [5, 5.41) is 0. The van der Waals surface area contributed by atoms with Crippen LogP contribution in [0, 0.1) is 0 Å². The standard InChI is InChI=1S/C14H13F2N3/c15-12(16)8-4-6-9(7-5-8)14-18-11-3-1-2-10(11)13(17)19-14/h4-7,12H,1-3H2,(H2,17,18,19). The van der Waals surface area contributed by atoms with Gasteiger partial charge in [-0.2, -0.15) is 0 Å². The Balaban J connectivity index is 2.00. The zero-order chi connectivity index (χ0) is 13.4. The van der Waals surface area contributed by atoms with Gasteiger partial charge in [-0.1, -0.05) is 24.3 Å². The normalized spacial score (nSPS) is 13.8. The predicted molar refractivity (Wildman–Crippen MR) is 68.9 cm³/mol. The molecular weight excluding hydrogens is 248 g/mol. The Hall–Kier alpha value is -2.04. The molecule has 0 bridgehead atoms. The number of aromatic nitrogens is 2. The molecule has 0 atom stereocenters. The summed E-state index contributed by atoms with van der Waals surface area (Å²) in [5.41, 5.74) is 8.65. The number of rotatable bonds is 2. The Kier molecular flexibility index (Phi) is 2.89. The minimum Gasteiger partial charge on any atom is -0.383 e. The highest BCUT2D eigenvalue weighted by molar-refractivity contribution is 5.60. The predicted octanol–water partition coefficient (Wildman–Crippen LogP) is 3.15. The van der Waals surface area contributed by atoms with Crippen LogP contribution in [0.1, 0.15) is 29.7 Å². The molecule has 1 aliphatic carbocycles. The number of aryl methyl sites for hydroxylation is 1. The van der Waals surface area contributed by atoms with E-state index in [1.165, 1.54) is 12.1 Å². The Morgan fingerprint density at radius 1 is 1.05 bits per heavy atom. The number of alkyl halides is 2. The number of fused-ring (bicyclic) bond motifs is 1. The maximum Gasteiger partial charge on any atom is 0.263 e. The third-order valence-electron chi connectivity index (χ3n) is 3.39. The van der Waals surface area contributed by atoms with E-state index in [0.29, 0.717) is 17.2 Å². The fraction of sp³-hybridized carbons (Fsp3) is 0.286. The lowest BCUT2D eigenvalue weighted by molar-refractivity contribution is 0.151. The minimum atomic E-state index is -2.46. The average molecular weight is 261 g/mol. The van der Waals surface area contributed by atoms with Crippen LogP contribution in [0.2, 0.25) is 0 Å². The van der Waals surface area contributed by atoms with Gasteiger partial charge in [0, 0.05) is 22.4 Å². The third-order valence-corrected chi connectivity index (χ3v) is 3.39. The maximum atomic E-state index is 12.5. The summed E-state index contributed by atoms with van der Waals surface area (Å²) >= 11 is 0. The van der Waals surface area contributed by atoms with Gasteiger partial charge in [0.15, 0.2) is 5.82 Å². The van der Waals surface area contributed by atoms with Crippen molar-refractivity contribution < 1.29 is 8.78 Å². The molecule has 0 radical (unpaired) electrons. The molecule has 0 amide bonds. The lowest BCUT2D eigenvalue weighted by atomic mass is 10.1. The number of halogens is 2. The molecule has 1 heterocycles. The van der Waals surface area contributed by atoms with Crippen molar-refractivity contribution in [3.63, 3.8) is 0 Å². The Bertz CT molecular complexity index is 609. The molecule has 2 N–H and O–H groups in total. The van der Waals surface area contributed by atoms with Crippen LogP contribution in [0.5, 0.6) is 0 Å². The van der Waals surface area contributed by atoms with Crippen LogP contribution in [0.15, 0.2) is 24.3 Å². The van der Waals surface area contributed by atoms with Crippen molar-refractivity contribution in [1.29, 1.82) is 0 Å². The van der Waals surface area contributed by atoms with Crippen molar-refractivity contribution in [2.24, 2.45) is 0 Å². The zero-order valence-electron chi connectivity index (χ0n) is 10.2. The fourth-order valence-electron chi connectivity index (χ4n) is 2.37. The largest absolute Gasteiger partial charge is 0.383 e. The van der Waals surface area contributed by atoms with Gasteiger partial charge in [0.05, 0.1) is 0 Å². The Morgan fingerprint density at radius 3 is 2.47 bits per heavy atom. The first-order valence-electron chi connectivity index (χ1n) is 6.19. The average Bonchev–Trinajstić information content (AvgIpc) is 2.87. The van der Waals surface area contributed by atoms with E-state index in [1.54, 1.807) is 12.1 Å². The number of hydrogen-bond donors (Lipinski definition) is 1. The quantitative estimate of drug-likeness (QED) is 0.903. The van der Waals surface area contributed by atoms with Crippen LogP contribution in [0.3, 0.4) is 0 Å². The highest BCUT2D eigenvalue weighted by Crippen LogP contribution is 2.28. The first-order chi connectivity index (χ1) is 9.15. The van der Waals surface area contributed by atoms with Crippen molar-refractivity contribution in [3.05, 3.63) is 41.1 Å². The highest BCUT2D eigenvalue weighted by atomic mass is 19.3. The topological polar surface area (TPSA) is 51.8 Å². The van der Waals surface area contributed by atoms with Gasteiger partial charge in [0.2, 0.25) is 0 Å². The second-order valence-electron chi connectivity index (χ2n) is 4.63. The number of anilines is 1. The van der Waals surface area contributed by atoms with Crippen LogP contribution in [0.4, 0.5) is 14.6 Å². The molecule has 1 aromatic carbocycles. The minimum absolute atomic E-state index is 0.00196. The molecule has 1 aliphatic rings. The van der Waals surface area contributed by atoms with E-state index in [4.69, 9.17) is 5.73 Å². The first-order valence-corrected chi connectivity index (χ1v) is 6.19. The second-order valence-corrected chi connectivity index (χ2v) is 4.63. The molecule has 2 aromatic rings. The van der Waals surface area contributed by atoms with Gasteiger partial charge in [-0.15, -0.1) is 0 Å². The van der Waals surface area contributed by atoms with Crippen molar-refractivity contribution in [2.45, 2.75) is 25.7 Å². The van der Waals surface area contributed by atoms with E-state index in [1.807, 2.05) is 0 Å². The van der Waals surface area contributed by atoms with Crippen LogP contribution >= 0.6 is 0 Å². The molecule has 0 saturated carbocycles. The van der Waals surface area contributed by atoms with E-state index in [-0.39, 0.29) is 5.56 Å². The number of nitrogens with two attached hydrogens (primary N) is 1. The summed E-state index contributed by atoms with van der Waals surface area (Å²) in [6.07, 6.45) is 0.415. The molecule has 19 heavy (non-hydrogen) atoms. The SMILES string of the molecule is Nc1nc(-c2ccc(C(F)F)cc2)nc2c1CCC2. The van der Waals surface area contributed by atoms with Crippen molar-refractivity contribution in [3.8, 4) is 11.4 Å². The van der Waals surface area contributed by atoms with Gasteiger partial charge in [-0.25, -0.2) is 18.7 Å². The molecule has 0 saturated heterocycles. The monoisotopic (exact) mass is 261 g/mol. The molecule has 3 nitrogen and oxygen atoms in total. The molecule has 0 spiro atoms. The number of nitrogens with zero attached hydrogens (tertiary/aromatic N) is 2. The number of benzene rings is 1. The molecule has 3 rings (SSSR count). The zero-order valence-corrected chi connectivity index (χ0v) is 10.2. The van der Waals surface area contributed by atoms with E-state index in [9.17, 15) is 8.78 Å². The van der Waals surface area contributed by atoms with Gasteiger partial charge in [0.25, 0.3) is 6.43 Å². The van der Waals surface area contributed by atoms with E-state index < -0.39 is 6.43 Å². The summed E-state index contributed by atoms with van der Waals surface area (Å²) in [4.78, 5) is 8.75. The van der Waals surface area contributed by atoms with Crippen LogP contribution in [-0.2, 0) is 12.8 Å². The van der Waals surface area contributed by atoms with E-state index in [2.05, 4.69) is 9.97 Å². The van der Waals surface area contributed by atoms with Gasteiger partial charge in [0.1, 0.15) is 5.82 Å². The molecule has 5 heteroatoms. The lowest BCUT2D eigenvalue weighted by Crippen LogP contribution is -2.02. The molecule has 0 aliphatic heterocycles. The lowest BCUT2D eigenvalue weighted by Gasteiger charge is -2.07. The highest BCUT2D eigenvalue weighted by Gasteiger charge is 2.18. The van der Waals surface area contributed by atoms with Gasteiger partial charge < -0.3 is 5.73 Å². The maximum absolute atomic E-state index is 12.5. The smallest absolute Gasteiger partial charge is 0.263 e. The molecule has 0 unspecified atom stereocenters. The molecule has 0 fully saturated rings. The fourth-order valence-corrected chi connectivity index (χ4v) is 2.37. The Morgan fingerprint density at radius 2 is 1.79 bits per heavy atom. The van der Waals surface area contributed by atoms with Gasteiger partial charge in [-0.3, -0.25) is 0 Å². The van der Waals surface area contributed by atoms with Crippen molar-refractivity contribution >= 4 is 5.82 Å². The molecule has 98 valence electrons. The van der Waals surface area contributed by atoms with E-state index in [0.717, 1.165) is 30.5 Å². The summed E-state index contributed by atoms with van der Waals surface area (Å²) in [7, 11) is 0. The summed E-state index contributed by atoms with van der Waals surface area (Å²) < 4.78 is 25.0. The number of hydrogen-bond acceptors (Lipinski definition) is 3. The van der Waals surface area contributed by atoms with Crippen molar-refractivity contribution in [1.82, 2.24) is 9.97 Å². The number of nitrogen functional groups attached to an aromatic ring is 1. The first kappa shape index (κ1) is 12.0. The van der Waals surface area contributed by atoms with E-state index >= 15 is 0 Å². The summed E-state index contributed by atoms with van der Waals surface area (Å²) in [6.45, 7) is 0. The second kappa shape index (κ2) is 4.57. The van der Waals surface area contributed by atoms with Crippen molar-refractivity contribution in [2.75, 3.05) is 5.73 Å². The van der Waals surface area contributed by atoms with Gasteiger partial charge in [-0.05, 0) is 19.3 Å². The Labute approximate surface area is 109 Å². The summed E-state index contributed by atoms with van der Waals surface area (Å²) in [5.74, 6) is 1.02. The van der Waals surface area contributed by atoms with Gasteiger partial charge >= 0.3 is 0 Å².